The first-order valence-corrected chi connectivity index (χ1v) is 10.1. The Labute approximate surface area is 150 Å². The van der Waals surface area contributed by atoms with Gasteiger partial charge in [0, 0.05) is 36.2 Å². The van der Waals surface area contributed by atoms with Crippen molar-refractivity contribution in [3.63, 3.8) is 0 Å². The Morgan fingerprint density at radius 3 is 2.92 bits per heavy atom. The summed E-state index contributed by atoms with van der Waals surface area (Å²) in [5, 5.41) is 1.44. The van der Waals surface area contributed by atoms with E-state index in [0.29, 0.717) is 0 Å². The topological polar surface area (TPSA) is 22.3 Å². The molecule has 0 saturated carbocycles. The summed E-state index contributed by atoms with van der Waals surface area (Å²) in [6, 6.07) is 7.84. The van der Waals surface area contributed by atoms with Gasteiger partial charge in [-0.1, -0.05) is 12.1 Å². The van der Waals surface area contributed by atoms with Gasteiger partial charge in [0.25, 0.3) is 0 Å². The van der Waals surface area contributed by atoms with E-state index in [1.165, 1.54) is 86.7 Å². The molecular weight excluding hydrogens is 306 g/mol. The molecule has 1 aromatic carbocycles. The first-order chi connectivity index (χ1) is 12.4. The van der Waals surface area contributed by atoms with Gasteiger partial charge < -0.3 is 9.88 Å². The van der Waals surface area contributed by atoms with Crippen LogP contribution >= 0.6 is 0 Å². The van der Waals surface area contributed by atoms with Crippen molar-refractivity contribution in [1.29, 1.82) is 0 Å². The first-order valence-electron chi connectivity index (χ1n) is 10.1. The normalized spacial score (nSPS) is 24.8. The molecule has 5 rings (SSSR count). The standard InChI is InChI=1S/C22H29N3/c1-2-10-24(9-1)12-7-19-16-23-22-6-5-17(15-21(19)22)18-8-13-25-11-3-4-20(25)14-18/h5-6,8,15-16,20,23H,1-4,7,9-14H2/t20-/m0/s1. The summed E-state index contributed by atoms with van der Waals surface area (Å²) in [6.45, 7) is 6.23. The second-order valence-corrected chi connectivity index (χ2v) is 8.10. The third-order valence-electron chi connectivity index (χ3n) is 6.56. The molecule has 1 N–H and O–H groups in total. The Hall–Kier alpha value is -1.58. The number of fused-ring (bicyclic) bond motifs is 2. The highest BCUT2D eigenvalue weighted by molar-refractivity contribution is 5.87. The summed E-state index contributed by atoms with van der Waals surface area (Å²) >= 11 is 0. The van der Waals surface area contributed by atoms with Crippen LogP contribution in [0.25, 0.3) is 16.5 Å². The number of rotatable bonds is 4. The van der Waals surface area contributed by atoms with E-state index in [1.807, 2.05) is 0 Å². The van der Waals surface area contributed by atoms with Gasteiger partial charge in [0.15, 0.2) is 0 Å². The van der Waals surface area contributed by atoms with E-state index in [4.69, 9.17) is 0 Å². The number of nitrogens with one attached hydrogen (secondary N) is 1. The highest BCUT2D eigenvalue weighted by Gasteiger charge is 2.28. The average molecular weight is 335 g/mol. The molecule has 0 spiro atoms. The zero-order valence-electron chi connectivity index (χ0n) is 15.1. The molecule has 25 heavy (non-hydrogen) atoms. The number of hydrogen-bond acceptors (Lipinski definition) is 2. The summed E-state index contributed by atoms with van der Waals surface area (Å²) in [4.78, 5) is 8.75. The number of hydrogen-bond donors (Lipinski definition) is 1. The monoisotopic (exact) mass is 335 g/mol. The summed E-state index contributed by atoms with van der Waals surface area (Å²) in [7, 11) is 0. The van der Waals surface area contributed by atoms with Crippen molar-refractivity contribution >= 4 is 16.5 Å². The lowest BCUT2D eigenvalue weighted by atomic mass is 9.93. The van der Waals surface area contributed by atoms with Crippen molar-refractivity contribution in [3.05, 3.63) is 41.6 Å². The van der Waals surface area contributed by atoms with E-state index >= 15 is 0 Å². The molecule has 3 nitrogen and oxygen atoms in total. The fourth-order valence-corrected chi connectivity index (χ4v) is 5.04. The number of nitrogens with zero attached hydrogens (tertiary/aromatic N) is 2. The molecule has 132 valence electrons. The fourth-order valence-electron chi connectivity index (χ4n) is 5.04. The minimum Gasteiger partial charge on any atom is -0.361 e. The average Bonchev–Trinajstić information content (AvgIpc) is 3.39. The van der Waals surface area contributed by atoms with Crippen molar-refractivity contribution in [2.75, 3.05) is 32.7 Å². The fraction of sp³-hybridized carbons (Fsp3) is 0.545. The molecular formula is C22H29N3. The van der Waals surface area contributed by atoms with Crippen LogP contribution in [0.2, 0.25) is 0 Å². The molecule has 3 heteroatoms. The lowest BCUT2D eigenvalue weighted by molar-refractivity contribution is 0.275. The van der Waals surface area contributed by atoms with Gasteiger partial charge in [-0.3, -0.25) is 4.90 Å². The molecule has 3 aliphatic heterocycles. The van der Waals surface area contributed by atoms with Crippen LogP contribution in [0, 0.1) is 0 Å². The molecule has 0 aliphatic carbocycles. The minimum atomic E-state index is 0.788. The Bertz CT molecular complexity index is 782. The molecule has 1 aromatic heterocycles. The third-order valence-corrected chi connectivity index (χ3v) is 6.56. The zero-order valence-corrected chi connectivity index (χ0v) is 15.1. The van der Waals surface area contributed by atoms with Crippen LogP contribution in [0.1, 0.15) is 43.2 Å². The van der Waals surface area contributed by atoms with Crippen LogP contribution < -0.4 is 0 Å². The van der Waals surface area contributed by atoms with E-state index in [-0.39, 0.29) is 0 Å². The summed E-state index contributed by atoms with van der Waals surface area (Å²) < 4.78 is 0. The number of aromatic nitrogens is 1. The molecule has 0 unspecified atom stereocenters. The van der Waals surface area contributed by atoms with Crippen LogP contribution in [-0.4, -0.2) is 53.5 Å². The van der Waals surface area contributed by atoms with Crippen molar-refractivity contribution < 1.29 is 0 Å². The molecule has 3 aliphatic rings. The third kappa shape index (κ3) is 3.04. The van der Waals surface area contributed by atoms with Gasteiger partial charge in [-0.15, -0.1) is 0 Å². The molecule has 2 fully saturated rings. The number of benzene rings is 1. The molecule has 0 bridgehead atoms. The Morgan fingerprint density at radius 1 is 1.08 bits per heavy atom. The van der Waals surface area contributed by atoms with Crippen molar-refractivity contribution in [3.8, 4) is 0 Å². The van der Waals surface area contributed by atoms with Crippen molar-refractivity contribution in [2.24, 2.45) is 0 Å². The largest absolute Gasteiger partial charge is 0.361 e. The first kappa shape index (κ1) is 15.7. The van der Waals surface area contributed by atoms with Gasteiger partial charge in [-0.2, -0.15) is 0 Å². The lowest BCUT2D eigenvalue weighted by Gasteiger charge is -2.29. The van der Waals surface area contributed by atoms with Gasteiger partial charge in [0.1, 0.15) is 0 Å². The predicted molar refractivity (Wildman–Crippen MR) is 105 cm³/mol. The molecule has 0 radical (unpaired) electrons. The number of aromatic amines is 1. The maximum Gasteiger partial charge on any atom is 0.0457 e. The second-order valence-electron chi connectivity index (χ2n) is 8.10. The molecule has 1 atom stereocenters. The molecule has 2 saturated heterocycles. The van der Waals surface area contributed by atoms with Gasteiger partial charge in [-0.05, 0) is 87.0 Å². The molecule has 0 amide bonds. The van der Waals surface area contributed by atoms with E-state index < -0.39 is 0 Å². The van der Waals surface area contributed by atoms with E-state index in [2.05, 4.69) is 45.3 Å². The maximum atomic E-state index is 3.48. The predicted octanol–water partition coefficient (Wildman–Crippen LogP) is 4.06. The van der Waals surface area contributed by atoms with Gasteiger partial charge >= 0.3 is 0 Å². The van der Waals surface area contributed by atoms with Crippen molar-refractivity contribution in [1.82, 2.24) is 14.8 Å². The molecule has 4 heterocycles. The highest BCUT2D eigenvalue weighted by atomic mass is 15.2. The lowest BCUT2D eigenvalue weighted by Crippen LogP contribution is -2.32. The van der Waals surface area contributed by atoms with Crippen LogP contribution in [0.5, 0.6) is 0 Å². The summed E-state index contributed by atoms with van der Waals surface area (Å²) in [5.74, 6) is 0. The summed E-state index contributed by atoms with van der Waals surface area (Å²) in [6.07, 6.45) is 12.6. The Morgan fingerprint density at radius 2 is 2.00 bits per heavy atom. The smallest absolute Gasteiger partial charge is 0.0457 e. The van der Waals surface area contributed by atoms with E-state index in [1.54, 1.807) is 5.57 Å². The Kier molecular flexibility index (Phi) is 4.15. The van der Waals surface area contributed by atoms with E-state index in [0.717, 1.165) is 12.6 Å². The number of H-pyrrole nitrogens is 1. The summed E-state index contributed by atoms with van der Waals surface area (Å²) in [5.41, 5.74) is 5.79. The van der Waals surface area contributed by atoms with Crippen LogP contribution in [-0.2, 0) is 6.42 Å². The minimum absolute atomic E-state index is 0.788. The quantitative estimate of drug-likeness (QED) is 0.910. The van der Waals surface area contributed by atoms with Gasteiger partial charge in [-0.25, -0.2) is 0 Å². The van der Waals surface area contributed by atoms with Crippen LogP contribution in [0.15, 0.2) is 30.5 Å². The number of likely N-dealkylation sites (tertiary alicyclic amines) is 1. The second kappa shape index (κ2) is 6.62. The Balaban J connectivity index is 1.38. The van der Waals surface area contributed by atoms with Crippen LogP contribution in [0.4, 0.5) is 0 Å². The maximum absolute atomic E-state index is 3.48. The highest BCUT2D eigenvalue weighted by Crippen LogP contribution is 2.33. The van der Waals surface area contributed by atoms with Gasteiger partial charge in [0.2, 0.25) is 0 Å². The van der Waals surface area contributed by atoms with Gasteiger partial charge in [0.05, 0.1) is 0 Å². The van der Waals surface area contributed by atoms with Crippen LogP contribution in [0.3, 0.4) is 0 Å². The molecule has 2 aromatic rings. The zero-order chi connectivity index (χ0) is 16.6. The van der Waals surface area contributed by atoms with Crippen molar-refractivity contribution in [2.45, 2.75) is 44.6 Å². The SMILES string of the molecule is C1=C(c2ccc3[nH]cc(CCN4CCCC4)c3c2)C[C@@H]2CCCN2C1. The van der Waals surface area contributed by atoms with E-state index in [9.17, 15) is 0 Å².